The van der Waals surface area contributed by atoms with Gasteiger partial charge >= 0.3 is 0 Å². The standard InChI is InChI=1S/C22H20BrFN4O3/c1-31-15-5-2-13(3-6-15)11-25-22-26-19-12-28(9-8-16(19)20(29)27-22)21(30)14-4-7-17(23)18(24)10-14/h2-7,10H,8-9,11-12H2,1H3,(H2,25,26,27,29). The lowest BCUT2D eigenvalue weighted by molar-refractivity contribution is 0.0731. The first-order valence-electron chi connectivity index (χ1n) is 9.68. The molecule has 9 heteroatoms. The molecule has 0 saturated heterocycles. The number of carbonyl (C=O) groups excluding carboxylic acids is 1. The molecule has 1 aliphatic heterocycles. The molecular formula is C22H20BrFN4O3. The normalized spacial score (nSPS) is 12.9. The van der Waals surface area contributed by atoms with E-state index < -0.39 is 5.82 Å². The lowest BCUT2D eigenvalue weighted by Gasteiger charge is -2.28. The third kappa shape index (κ3) is 4.61. The van der Waals surface area contributed by atoms with Crippen molar-refractivity contribution in [2.75, 3.05) is 19.0 Å². The van der Waals surface area contributed by atoms with Crippen LogP contribution in [0.5, 0.6) is 5.75 Å². The Morgan fingerprint density at radius 2 is 2.06 bits per heavy atom. The quantitative estimate of drug-likeness (QED) is 0.576. The van der Waals surface area contributed by atoms with Crippen LogP contribution < -0.4 is 15.6 Å². The Hall–Kier alpha value is -3.20. The molecule has 2 aromatic carbocycles. The fraction of sp³-hybridized carbons (Fsp3) is 0.227. The van der Waals surface area contributed by atoms with E-state index in [1.165, 1.54) is 12.1 Å². The van der Waals surface area contributed by atoms with E-state index in [4.69, 9.17) is 4.74 Å². The molecule has 1 amide bonds. The highest BCUT2D eigenvalue weighted by Gasteiger charge is 2.25. The number of hydrogen-bond acceptors (Lipinski definition) is 5. The van der Waals surface area contributed by atoms with Gasteiger partial charge in [0.15, 0.2) is 0 Å². The van der Waals surface area contributed by atoms with Crippen LogP contribution >= 0.6 is 15.9 Å². The first kappa shape index (κ1) is 21.0. The number of anilines is 1. The van der Waals surface area contributed by atoms with Crippen LogP contribution in [0.2, 0.25) is 0 Å². The van der Waals surface area contributed by atoms with Crippen molar-refractivity contribution in [2.45, 2.75) is 19.5 Å². The number of rotatable bonds is 5. The van der Waals surface area contributed by atoms with Gasteiger partial charge < -0.3 is 15.0 Å². The Balaban J connectivity index is 1.50. The number of aromatic amines is 1. The van der Waals surface area contributed by atoms with E-state index >= 15 is 0 Å². The van der Waals surface area contributed by atoms with Crippen molar-refractivity contribution in [1.29, 1.82) is 0 Å². The summed E-state index contributed by atoms with van der Waals surface area (Å²) in [5.41, 5.74) is 2.14. The molecular weight excluding hydrogens is 467 g/mol. The van der Waals surface area contributed by atoms with Crippen molar-refractivity contribution < 1.29 is 13.9 Å². The summed E-state index contributed by atoms with van der Waals surface area (Å²) in [5.74, 6) is 0.303. The van der Waals surface area contributed by atoms with Crippen LogP contribution in [0, 0.1) is 5.82 Å². The van der Waals surface area contributed by atoms with Crippen molar-refractivity contribution >= 4 is 27.8 Å². The SMILES string of the molecule is COc1ccc(CNc2nc3c(c(=O)[nH]2)CCN(C(=O)c2ccc(Br)c(F)c2)C3)cc1. The lowest BCUT2D eigenvalue weighted by Crippen LogP contribution is -2.39. The number of fused-ring (bicyclic) bond motifs is 1. The monoisotopic (exact) mass is 486 g/mol. The summed E-state index contributed by atoms with van der Waals surface area (Å²) in [5, 5.41) is 3.11. The first-order chi connectivity index (χ1) is 14.9. The summed E-state index contributed by atoms with van der Waals surface area (Å²) in [7, 11) is 1.61. The van der Waals surface area contributed by atoms with E-state index in [9.17, 15) is 14.0 Å². The third-order valence-corrected chi connectivity index (χ3v) is 5.79. The van der Waals surface area contributed by atoms with E-state index in [0.29, 0.717) is 41.2 Å². The van der Waals surface area contributed by atoms with Gasteiger partial charge in [-0.1, -0.05) is 12.1 Å². The number of H-pyrrole nitrogens is 1. The second kappa shape index (κ2) is 8.89. The van der Waals surface area contributed by atoms with Gasteiger partial charge in [0.2, 0.25) is 5.95 Å². The largest absolute Gasteiger partial charge is 0.497 e. The van der Waals surface area contributed by atoms with E-state index in [1.807, 2.05) is 24.3 Å². The maximum absolute atomic E-state index is 13.8. The second-order valence-electron chi connectivity index (χ2n) is 7.15. The number of hydrogen-bond donors (Lipinski definition) is 2. The molecule has 0 bridgehead atoms. The van der Waals surface area contributed by atoms with E-state index in [0.717, 1.165) is 11.3 Å². The van der Waals surface area contributed by atoms with Gasteiger partial charge in [-0.15, -0.1) is 0 Å². The van der Waals surface area contributed by atoms with Crippen LogP contribution in [-0.2, 0) is 19.5 Å². The highest BCUT2D eigenvalue weighted by Crippen LogP contribution is 2.21. The van der Waals surface area contributed by atoms with E-state index in [2.05, 4.69) is 31.2 Å². The van der Waals surface area contributed by atoms with Gasteiger partial charge in [0.25, 0.3) is 11.5 Å². The van der Waals surface area contributed by atoms with Gasteiger partial charge in [-0.25, -0.2) is 9.37 Å². The second-order valence-corrected chi connectivity index (χ2v) is 8.00. The number of nitrogens with zero attached hydrogens (tertiary/aromatic N) is 2. The maximum Gasteiger partial charge on any atom is 0.255 e. The van der Waals surface area contributed by atoms with Crippen LogP contribution in [0.3, 0.4) is 0 Å². The summed E-state index contributed by atoms with van der Waals surface area (Å²) >= 11 is 3.09. The number of aromatic nitrogens is 2. The smallest absolute Gasteiger partial charge is 0.255 e. The predicted octanol–water partition coefficient (Wildman–Crippen LogP) is 3.49. The molecule has 1 aromatic heterocycles. The van der Waals surface area contributed by atoms with Gasteiger partial charge in [-0.05, 0) is 58.2 Å². The van der Waals surface area contributed by atoms with E-state index in [1.54, 1.807) is 18.1 Å². The van der Waals surface area contributed by atoms with Crippen LogP contribution in [0.4, 0.5) is 10.3 Å². The van der Waals surface area contributed by atoms with E-state index in [-0.39, 0.29) is 23.6 Å². The van der Waals surface area contributed by atoms with Crippen LogP contribution in [0.25, 0.3) is 0 Å². The molecule has 0 fully saturated rings. The summed E-state index contributed by atoms with van der Waals surface area (Å²) < 4.78 is 19.3. The minimum Gasteiger partial charge on any atom is -0.497 e. The molecule has 1 aliphatic rings. The highest BCUT2D eigenvalue weighted by molar-refractivity contribution is 9.10. The summed E-state index contributed by atoms with van der Waals surface area (Å²) in [6, 6.07) is 11.8. The van der Waals surface area contributed by atoms with Crippen molar-refractivity contribution in [1.82, 2.24) is 14.9 Å². The predicted molar refractivity (Wildman–Crippen MR) is 118 cm³/mol. The zero-order valence-electron chi connectivity index (χ0n) is 16.7. The maximum atomic E-state index is 13.8. The molecule has 0 atom stereocenters. The average molecular weight is 487 g/mol. The molecule has 3 aromatic rings. The Morgan fingerprint density at radius 1 is 1.29 bits per heavy atom. The molecule has 2 heterocycles. The number of halogens is 2. The molecule has 160 valence electrons. The molecule has 2 N–H and O–H groups in total. The number of ether oxygens (including phenoxy) is 1. The molecule has 4 rings (SSSR count). The molecule has 31 heavy (non-hydrogen) atoms. The fourth-order valence-corrected chi connectivity index (χ4v) is 3.68. The summed E-state index contributed by atoms with van der Waals surface area (Å²) in [6.07, 6.45) is 0.390. The Bertz CT molecular complexity index is 1180. The molecule has 0 radical (unpaired) electrons. The Labute approximate surface area is 186 Å². The zero-order chi connectivity index (χ0) is 22.0. The molecule has 0 spiro atoms. The minimum atomic E-state index is -0.497. The molecule has 0 aliphatic carbocycles. The number of nitrogens with one attached hydrogen (secondary N) is 2. The van der Waals surface area contributed by atoms with Crippen molar-refractivity contribution in [3.8, 4) is 5.75 Å². The molecule has 0 unspecified atom stereocenters. The number of benzene rings is 2. The van der Waals surface area contributed by atoms with Gasteiger partial charge in [0.05, 0.1) is 23.8 Å². The Morgan fingerprint density at radius 3 is 2.77 bits per heavy atom. The van der Waals surface area contributed by atoms with Crippen molar-refractivity contribution in [2.24, 2.45) is 0 Å². The average Bonchev–Trinajstić information content (AvgIpc) is 2.79. The fourth-order valence-electron chi connectivity index (χ4n) is 3.44. The third-order valence-electron chi connectivity index (χ3n) is 5.15. The Kier molecular flexibility index (Phi) is 6.03. The van der Waals surface area contributed by atoms with Crippen LogP contribution in [0.1, 0.15) is 27.2 Å². The number of carbonyl (C=O) groups is 1. The molecule has 7 nitrogen and oxygen atoms in total. The van der Waals surface area contributed by atoms with Crippen molar-refractivity contribution in [3.63, 3.8) is 0 Å². The van der Waals surface area contributed by atoms with Gasteiger partial charge in [0.1, 0.15) is 11.6 Å². The number of amides is 1. The highest BCUT2D eigenvalue weighted by atomic mass is 79.9. The topological polar surface area (TPSA) is 87.3 Å². The summed E-state index contributed by atoms with van der Waals surface area (Å²) in [4.78, 5) is 34.2. The van der Waals surface area contributed by atoms with Crippen LogP contribution in [-0.4, -0.2) is 34.4 Å². The van der Waals surface area contributed by atoms with Crippen LogP contribution in [0.15, 0.2) is 51.7 Å². The number of methoxy groups -OCH3 is 1. The van der Waals surface area contributed by atoms with Gasteiger partial charge in [-0.2, -0.15) is 0 Å². The molecule has 0 saturated carbocycles. The lowest BCUT2D eigenvalue weighted by atomic mass is 10.1. The minimum absolute atomic E-state index is 0.187. The van der Waals surface area contributed by atoms with Crippen molar-refractivity contribution in [3.05, 3.63) is 85.5 Å². The summed E-state index contributed by atoms with van der Waals surface area (Å²) in [6.45, 7) is 1.02. The van der Waals surface area contributed by atoms with Gasteiger partial charge in [-0.3, -0.25) is 14.6 Å². The first-order valence-corrected chi connectivity index (χ1v) is 10.5. The van der Waals surface area contributed by atoms with Gasteiger partial charge in [0, 0.05) is 24.2 Å². The zero-order valence-corrected chi connectivity index (χ0v) is 18.3.